The highest BCUT2D eigenvalue weighted by Gasteiger charge is 2.16. The fraction of sp³-hybridized carbons (Fsp3) is 0.125. The number of benzene rings is 2. The van der Waals surface area contributed by atoms with E-state index >= 15 is 0 Å². The Bertz CT molecular complexity index is 825. The van der Waals surface area contributed by atoms with Gasteiger partial charge in [-0.2, -0.15) is 0 Å². The molecule has 2 amide bonds. The van der Waals surface area contributed by atoms with Crippen molar-refractivity contribution in [3.8, 4) is 0 Å². The summed E-state index contributed by atoms with van der Waals surface area (Å²) in [4.78, 5) is 34.0. The molecule has 0 aliphatic heterocycles. The van der Waals surface area contributed by atoms with Crippen molar-refractivity contribution in [3.63, 3.8) is 0 Å². The van der Waals surface area contributed by atoms with Crippen molar-refractivity contribution >= 4 is 40.5 Å². The molecular weight excluding hydrogens is 350 g/mol. The van der Waals surface area contributed by atoms with Crippen LogP contribution in [-0.2, 0) is 9.53 Å². The third-order valence-corrected chi connectivity index (χ3v) is 3.41. The van der Waals surface area contributed by atoms with E-state index in [9.17, 15) is 19.7 Å². The Balaban J connectivity index is 2.17. The molecule has 130 valence electrons. The first-order valence-electron chi connectivity index (χ1n) is 7.05. The summed E-state index contributed by atoms with van der Waals surface area (Å²) in [7, 11) is 1.40. The number of nitrogens with one attached hydrogen (secondary N) is 2. The van der Waals surface area contributed by atoms with E-state index in [-0.39, 0.29) is 28.8 Å². The van der Waals surface area contributed by atoms with Crippen molar-refractivity contribution in [2.24, 2.45) is 0 Å². The lowest BCUT2D eigenvalue weighted by atomic mass is 10.1. The van der Waals surface area contributed by atoms with E-state index in [4.69, 9.17) is 16.3 Å². The molecule has 0 heterocycles. The number of carbonyl (C=O) groups excluding carboxylic acids is 2. The second kappa shape index (κ2) is 8.22. The first-order valence-corrected chi connectivity index (χ1v) is 7.42. The van der Waals surface area contributed by atoms with Crippen LogP contribution in [0, 0.1) is 10.1 Å². The Kier molecular flexibility index (Phi) is 6.04. The van der Waals surface area contributed by atoms with Gasteiger partial charge in [-0.15, -0.1) is 0 Å². The molecule has 0 unspecified atom stereocenters. The molecule has 0 aliphatic carbocycles. The van der Waals surface area contributed by atoms with Crippen molar-refractivity contribution < 1.29 is 19.2 Å². The lowest BCUT2D eigenvalue weighted by Crippen LogP contribution is -2.17. The maximum absolute atomic E-state index is 12.3. The highest BCUT2D eigenvalue weighted by molar-refractivity contribution is 6.34. The zero-order chi connectivity index (χ0) is 18.4. The first kappa shape index (κ1) is 18.4. The molecule has 0 aromatic heterocycles. The molecule has 0 atom stereocenters. The van der Waals surface area contributed by atoms with Crippen LogP contribution < -0.4 is 10.6 Å². The fourth-order valence-corrected chi connectivity index (χ4v) is 2.21. The van der Waals surface area contributed by atoms with Crippen LogP contribution in [-0.4, -0.2) is 30.5 Å². The number of methoxy groups -OCH3 is 1. The number of anilines is 2. The average molecular weight is 364 g/mol. The molecule has 0 bridgehead atoms. The number of nitro groups is 1. The number of amides is 2. The molecule has 0 fully saturated rings. The number of non-ortho nitro benzene ring substituents is 1. The summed E-state index contributed by atoms with van der Waals surface area (Å²) >= 11 is 5.94. The van der Waals surface area contributed by atoms with Gasteiger partial charge in [0.25, 0.3) is 11.6 Å². The molecule has 0 aliphatic rings. The molecule has 0 saturated heterocycles. The van der Waals surface area contributed by atoms with E-state index in [0.29, 0.717) is 11.4 Å². The van der Waals surface area contributed by atoms with Crippen LogP contribution in [0.4, 0.5) is 17.1 Å². The molecule has 2 aromatic carbocycles. The lowest BCUT2D eigenvalue weighted by molar-refractivity contribution is -0.384. The number of halogens is 1. The minimum Gasteiger partial charge on any atom is -0.375 e. The quantitative estimate of drug-likeness (QED) is 0.605. The van der Waals surface area contributed by atoms with Crippen LogP contribution in [0.3, 0.4) is 0 Å². The first-order chi connectivity index (χ1) is 11.9. The monoisotopic (exact) mass is 363 g/mol. The molecule has 0 saturated carbocycles. The Morgan fingerprint density at radius 2 is 1.84 bits per heavy atom. The Labute approximate surface area is 147 Å². The highest BCUT2D eigenvalue weighted by atomic mass is 35.5. The Morgan fingerprint density at radius 1 is 1.16 bits per heavy atom. The fourth-order valence-electron chi connectivity index (χ4n) is 2.00. The normalized spacial score (nSPS) is 10.2. The second-order valence-corrected chi connectivity index (χ2v) is 5.34. The van der Waals surface area contributed by atoms with Gasteiger partial charge in [0.2, 0.25) is 5.91 Å². The van der Waals surface area contributed by atoms with E-state index in [0.717, 1.165) is 6.07 Å². The maximum Gasteiger partial charge on any atom is 0.270 e. The number of nitro benzene ring substituents is 1. The van der Waals surface area contributed by atoms with Crippen molar-refractivity contribution in [3.05, 3.63) is 63.2 Å². The third-order valence-electron chi connectivity index (χ3n) is 3.09. The predicted molar refractivity (Wildman–Crippen MR) is 93.0 cm³/mol. The number of rotatable bonds is 6. The van der Waals surface area contributed by atoms with Crippen LogP contribution in [0.5, 0.6) is 0 Å². The number of carbonyl (C=O) groups is 2. The minimum absolute atomic E-state index is 0.0234. The van der Waals surface area contributed by atoms with Gasteiger partial charge in [0.1, 0.15) is 6.61 Å². The van der Waals surface area contributed by atoms with Crippen LogP contribution in [0.2, 0.25) is 5.02 Å². The average Bonchev–Trinajstić information content (AvgIpc) is 2.55. The van der Waals surface area contributed by atoms with Gasteiger partial charge in [0, 0.05) is 30.6 Å². The Morgan fingerprint density at radius 3 is 2.48 bits per heavy atom. The van der Waals surface area contributed by atoms with Gasteiger partial charge in [0.05, 0.1) is 15.5 Å². The molecule has 2 rings (SSSR count). The molecule has 0 spiro atoms. The third kappa shape index (κ3) is 5.00. The topological polar surface area (TPSA) is 111 Å². The van der Waals surface area contributed by atoms with E-state index < -0.39 is 10.8 Å². The minimum atomic E-state index is -0.612. The van der Waals surface area contributed by atoms with Crippen LogP contribution in [0.25, 0.3) is 0 Å². The van der Waals surface area contributed by atoms with Crippen LogP contribution in [0.1, 0.15) is 10.4 Å². The number of hydrogen-bond donors (Lipinski definition) is 2. The van der Waals surface area contributed by atoms with Gasteiger partial charge in [-0.3, -0.25) is 19.7 Å². The standard InChI is InChI=1S/C16H14ClN3O5/c1-25-9-15(21)18-10-3-2-4-11(7-10)19-16(22)13-8-12(20(23)24)5-6-14(13)17/h2-8H,9H2,1H3,(H,18,21)(H,19,22). The summed E-state index contributed by atoms with van der Waals surface area (Å²) in [6.07, 6.45) is 0. The van der Waals surface area contributed by atoms with Crippen molar-refractivity contribution in [1.82, 2.24) is 0 Å². The molecule has 2 aromatic rings. The number of hydrogen-bond acceptors (Lipinski definition) is 5. The van der Waals surface area contributed by atoms with E-state index in [1.807, 2.05) is 0 Å². The Hall–Kier alpha value is -2.97. The van der Waals surface area contributed by atoms with Crippen molar-refractivity contribution in [2.75, 3.05) is 24.4 Å². The van der Waals surface area contributed by atoms with Gasteiger partial charge >= 0.3 is 0 Å². The van der Waals surface area contributed by atoms with Gasteiger partial charge in [0.15, 0.2) is 0 Å². The van der Waals surface area contributed by atoms with E-state index in [2.05, 4.69) is 10.6 Å². The predicted octanol–water partition coefficient (Wildman–Crippen LogP) is 3.09. The number of nitrogens with zero attached hydrogens (tertiary/aromatic N) is 1. The smallest absolute Gasteiger partial charge is 0.270 e. The lowest BCUT2D eigenvalue weighted by Gasteiger charge is -2.09. The number of ether oxygens (including phenoxy) is 1. The summed E-state index contributed by atoms with van der Waals surface area (Å²) in [5, 5.41) is 16.1. The molecule has 0 radical (unpaired) electrons. The van der Waals surface area contributed by atoms with E-state index in [1.165, 1.54) is 25.3 Å². The zero-order valence-corrected chi connectivity index (χ0v) is 13.9. The summed E-state index contributed by atoms with van der Waals surface area (Å²) < 4.78 is 4.72. The molecular formula is C16H14ClN3O5. The molecule has 2 N–H and O–H groups in total. The summed E-state index contributed by atoms with van der Waals surface area (Å²) in [6.45, 7) is -0.0973. The highest BCUT2D eigenvalue weighted by Crippen LogP contribution is 2.24. The zero-order valence-electron chi connectivity index (χ0n) is 13.1. The van der Waals surface area contributed by atoms with E-state index in [1.54, 1.807) is 18.2 Å². The summed E-state index contributed by atoms with van der Waals surface area (Å²) in [5.41, 5.74) is 0.590. The summed E-state index contributed by atoms with van der Waals surface area (Å²) in [5.74, 6) is -0.943. The van der Waals surface area contributed by atoms with Crippen molar-refractivity contribution in [2.45, 2.75) is 0 Å². The molecule has 25 heavy (non-hydrogen) atoms. The molecule has 8 nitrogen and oxygen atoms in total. The van der Waals surface area contributed by atoms with Crippen LogP contribution >= 0.6 is 11.6 Å². The summed E-state index contributed by atoms with van der Waals surface area (Å²) in [6, 6.07) is 10.0. The van der Waals surface area contributed by atoms with Gasteiger partial charge in [-0.25, -0.2) is 0 Å². The van der Waals surface area contributed by atoms with Crippen LogP contribution in [0.15, 0.2) is 42.5 Å². The maximum atomic E-state index is 12.3. The van der Waals surface area contributed by atoms with Gasteiger partial charge in [-0.1, -0.05) is 17.7 Å². The SMILES string of the molecule is COCC(=O)Nc1cccc(NC(=O)c2cc([N+](=O)[O-])ccc2Cl)c1. The van der Waals surface area contributed by atoms with Gasteiger partial charge in [-0.05, 0) is 24.3 Å². The molecule has 9 heteroatoms. The largest absolute Gasteiger partial charge is 0.375 e. The van der Waals surface area contributed by atoms with Gasteiger partial charge < -0.3 is 15.4 Å². The van der Waals surface area contributed by atoms with Crippen molar-refractivity contribution in [1.29, 1.82) is 0 Å². The second-order valence-electron chi connectivity index (χ2n) is 4.94.